The topological polar surface area (TPSA) is 61.4 Å². The van der Waals surface area contributed by atoms with Crippen molar-refractivity contribution in [1.82, 2.24) is 10.2 Å². The number of carbonyl (C=O) groups excluding carboxylic acids is 2. The zero-order valence-electron chi connectivity index (χ0n) is 16.6. The average Bonchev–Trinajstić information content (AvgIpc) is 2.69. The lowest BCUT2D eigenvalue weighted by atomic mass is 10.0. The molecule has 148 valence electrons. The van der Waals surface area contributed by atoms with E-state index < -0.39 is 5.25 Å². The maximum atomic E-state index is 12.5. The smallest absolute Gasteiger partial charge is 0.238 e. The summed E-state index contributed by atoms with van der Waals surface area (Å²) in [4.78, 5) is 27.9. The number of aryl methyl sites for hydroxylation is 1. The van der Waals surface area contributed by atoms with E-state index in [1.807, 2.05) is 38.4 Å². The number of para-hydroxylation sites is 1. The fourth-order valence-corrected chi connectivity index (χ4v) is 4.36. The Balaban J connectivity index is 1.58. The highest BCUT2D eigenvalue weighted by molar-refractivity contribution is 8.01. The van der Waals surface area contributed by atoms with Gasteiger partial charge in [-0.25, -0.2) is 0 Å². The van der Waals surface area contributed by atoms with E-state index in [-0.39, 0.29) is 24.3 Å². The monoisotopic (exact) mass is 397 g/mol. The molecule has 1 heterocycles. The molecule has 1 aliphatic heterocycles. The molecule has 0 saturated heterocycles. The van der Waals surface area contributed by atoms with E-state index in [9.17, 15) is 9.59 Å². The van der Waals surface area contributed by atoms with Crippen LogP contribution in [-0.2, 0) is 16.0 Å². The van der Waals surface area contributed by atoms with Gasteiger partial charge < -0.3 is 15.5 Å². The van der Waals surface area contributed by atoms with Crippen molar-refractivity contribution in [1.29, 1.82) is 0 Å². The van der Waals surface area contributed by atoms with E-state index in [0.29, 0.717) is 6.54 Å². The molecule has 0 spiro atoms. The number of amides is 2. The maximum absolute atomic E-state index is 12.5. The van der Waals surface area contributed by atoms with E-state index in [1.54, 1.807) is 0 Å². The van der Waals surface area contributed by atoms with Gasteiger partial charge in [-0.2, -0.15) is 0 Å². The van der Waals surface area contributed by atoms with Gasteiger partial charge >= 0.3 is 0 Å². The predicted octanol–water partition coefficient (Wildman–Crippen LogP) is 3.47. The van der Waals surface area contributed by atoms with E-state index in [1.165, 1.54) is 22.9 Å². The van der Waals surface area contributed by atoms with Crippen LogP contribution in [-0.4, -0.2) is 42.6 Å². The van der Waals surface area contributed by atoms with Crippen molar-refractivity contribution in [3.05, 3.63) is 59.7 Å². The summed E-state index contributed by atoms with van der Waals surface area (Å²) in [6.07, 6.45) is 1.17. The molecule has 2 N–H and O–H groups in total. The summed E-state index contributed by atoms with van der Waals surface area (Å²) in [7, 11) is 4.01. The molecule has 0 aliphatic carbocycles. The van der Waals surface area contributed by atoms with Gasteiger partial charge in [0.25, 0.3) is 0 Å². The van der Waals surface area contributed by atoms with Gasteiger partial charge in [0.2, 0.25) is 11.8 Å². The van der Waals surface area contributed by atoms with Gasteiger partial charge in [0.1, 0.15) is 0 Å². The summed E-state index contributed by atoms with van der Waals surface area (Å²) in [5.74, 6) is -0.220. The van der Waals surface area contributed by atoms with Crippen molar-refractivity contribution < 1.29 is 9.59 Å². The summed E-state index contributed by atoms with van der Waals surface area (Å²) in [5.41, 5.74) is 3.28. The minimum Gasteiger partial charge on any atom is -0.354 e. The molecule has 0 fully saturated rings. The molecule has 2 amide bonds. The van der Waals surface area contributed by atoms with Crippen molar-refractivity contribution in [2.24, 2.45) is 0 Å². The molecule has 1 aliphatic rings. The molecule has 0 bridgehead atoms. The minimum atomic E-state index is -0.406. The molecule has 2 unspecified atom stereocenters. The highest BCUT2D eigenvalue weighted by atomic mass is 32.2. The number of likely N-dealkylation sites (N-methyl/N-ethyl adjacent to an activating group) is 1. The first-order valence-electron chi connectivity index (χ1n) is 9.56. The third-order valence-electron chi connectivity index (χ3n) is 4.97. The van der Waals surface area contributed by atoms with E-state index in [4.69, 9.17) is 0 Å². The zero-order valence-corrected chi connectivity index (χ0v) is 17.4. The first kappa shape index (κ1) is 20.4. The van der Waals surface area contributed by atoms with Gasteiger partial charge in [-0.05, 0) is 43.8 Å². The number of fused-ring (bicyclic) bond motifs is 1. The molecule has 28 heavy (non-hydrogen) atoms. The Kier molecular flexibility index (Phi) is 6.75. The number of anilines is 1. The Bertz CT molecular complexity index is 836. The minimum absolute atomic E-state index is 0.0865. The number of hydrogen-bond acceptors (Lipinski definition) is 4. The number of carbonyl (C=O) groups is 2. The van der Waals surface area contributed by atoms with Crippen LogP contribution in [0.25, 0.3) is 0 Å². The second-order valence-electron chi connectivity index (χ2n) is 7.17. The third kappa shape index (κ3) is 4.94. The Hall–Kier alpha value is -2.31. The van der Waals surface area contributed by atoms with Gasteiger partial charge in [0.05, 0.1) is 17.0 Å². The number of nitrogens with zero attached hydrogens (tertiary/aromatic N) is 1. The largest absolute Gasteiger partial charge is 0.354 e. The predicted molar refractivity (Wildman–Crippen MR) is 115 cm³/mol. The molecule has 2 atom stereocenters. The number of nitrogens with one attached hydrogen (secondary N) is 2. The number of thioether (sulfide) groups is 1. The molecule has 3 rings (SSSR count). The quantitative estimate of drug-likeness (QED) is 0.751. The first-order chi connectivity index (χ1) is 13.5. The van der Waals surface area contributed by atoms with Crippen LogP contribution < -0.4 is 10.6 Å². The van der Waals surface area contributed by atoms with Gasteiger partial charge in [-0.1, -0.05) is 43.3 Å². The molecule has 2 aromatic rings. The second-order valence-corrected chi connectivity index (χ2v) is 8.42. The summed E-state index contributed by atoms with van der Waals surface area (Å²) in [6, 6.07) is 16.3. The molecule has 0 aromatic heterocycles. The van der Waals surface area contributed by atoms with Crippen LogP contribution in [0.2, 0.25) is 0 Å². The van der Waals surface area contributed by atoms with Gasteiger partial charge in [-0.3, -0.25) is 9.59 Å². The van der Waals surface area contributed by atoms with Crippen LogP contribution in [0, 0.1) is 0 Å². The van der Waals surface area contributed by atoms with Crippen molar-refractivity contribution in [2.45, 2.75) is 36.0 Å². The molecule has 0 radical (unpaired) electrons. The second kappa shape index (κ2) is 9.26. The van der Waals surface area contributed by atoms with E-state index >= 15 is 0 Å². The van der Waals surface area contributed by atoms with Crippen LogP contribution in [0.1, 0.15) is 30.5 Å². The summed E-state index contributed by atoms with van der Waals surface area (Å²) >= 11 is 1.45. The van der Waals surface area contributed by atoms with Gasteiger partial charge in [0.15, 0.2) is 0 Å². The Labute approximate surface area is 170 Å². The van der Waals surface area contributed by atoms with Gasteiger partial charge in [0, 0.05) is 17.9 Å². The molecule has 5 nitrogen and oxygen atoms in total. The zero-order chi connectivity index (χ0) is 20.1. The lowest BCUT2D eigenvalue weighted by Gasteiger charge is -2.26. The Morgan fingerprint density at radius 2 is 1.89 bits per heavy atom. The number of rotatable bonds is 7. The molecule has 2 aromatic carbocycles. The summed E-state index contributed by atoms with van der Waals surface area (Å²) in [5, 5.41) is 5.49. The van der Waals surface area contributed by atoms with Crippen LogP contribution in [0.15, 0.2) is 53.4 Å². The summed E-state index contributed by atoms with van der Waals surface area (Å²) < 4.78 is 0. The third-order valence-corrected chi connectivity index (χ3v) is 6.24. The highest BCUT2D eigenvalue weighted by Gasteiger charge is 2.29. The fraction of sp³-hybridized carbons (Fsp3) is 0.364. The van der Waals surface area contributed by atoms with Crippen molar-refractivity contribution >= 4 is 29.3 Å². The molecular formula is C22H27N3O2S. The normalized spacial score (nSPS) is 17.0. The van der Waals surface area contributed by atoms with E-state index in [0.717, 1.165) is 17.0 Å². The number of benzene rings is 2. The first-order valence-corrected chi connectivity index (χ1v) is 10.4. The maximum Gasteiger partial charge on any atom is 0.238 e. The van der Waals surface area contributed by atoms with Crippen molar-refractivity contribution in [2.75, 3.05) is 26.0 Å². The van der Waals surface area contributed by atoms with Crippen LogP contribution >= 0.6 is 11.8 Å². The van der Waals surface area contributed by atoms with Crippen molar-refractivity contribution in [3.8, 4) is 0 Å². The average molecular weight is 398 g/mol. The molecular weight excluding hydrogens is 370 g/mol. The SMILES string of the molecule is CCc1ccc(C(CNC(=O)CC2Sc3ccccc3NC2=O)N(C)C)cc1. The molecule has 6 heteroatoms. The lowest BCUT2D eigenvalue weighted by Crippen LogP contribution is -2.38. The number of hydrogen-bond donors (Lipinski definition) is 2. The van der Waals surface area contributed by atoms with Gasteiger partial charge in [-0.15, -0.1) is 11.8 Å². The highest BCUT2D eigenvalue weighted by Crippen LogP contribution is 2.36. The van der Waals surface area contributed by atoms with Crippen molar-refractivity contribution in [3.63, 3.8) is 0 Å². The molecule has 0 saturated carbocycles. The Morgan fingerprint density at radius 3 is 2.57 bits per heavy atom. The Morgan fingerprint density at radius 1 is 1.18 bits per heavy atom. The standard InChI is InChI=1S/C22H27N3O2S/c1-4-15-9-11-16(12-10-15)18(25(2)3)14-23-21(26)13-20-22(27)24-17-7-5-6-8-19(17)28-20/h5-12,18,20H,4,13-14H2,1-3H3,(H,23,26)(H,24,27). The fourth-order valence-electron chi connectivity index (χ4n) is 3.25. The van der Waals surface area contributed by atoms with Crippen LogP contribution in [0.5, 0.6) is 0 Å². The van der Waals surface area contributed by atoms with Crippen LogP contribution in [0.4, 0.5) is 5.69 Å². The van der Waals surface area contributed by atoms with E-state index in [2.05, 4.69) is 46.7 Å². The lowest BCUT2D eigenvalue weighted by molar-refractivity contribution is -0.124. The summed E-state index contributed by atoms with van der Waals surface area (Å²) in [6.45, 7) is 2.64. The van der Waals surface area contributed by atoms with Crippen LogP contribution in [0.3, 0.4) is 0 Å².